The SMILES string of the molecule is Cc1sc2ncnc(NCC3CCCCC3CCl)c2c1C. The minimum atomic E-state index is 0.649. The first-order valence-corrected chi connectivity index (χ1v) is 9.06. The first-order chi connectivity index (χ1) is 10.2. The highest BCUT2D eigenvalue weighted by Crippen LogP contribution is 2.34. The molecule has 0 saturated heterocycles. The minimum absolute atomic E-state index is 0.649. The van der Waals surface area contributed by atoms with E-state index in [4.69, 9.17) is 11.6 Å². The summed E-state index contributed by atoms with van der Waals surface area (Å²) in [6, 6.07) is 0. The van der Waals surface area contributed by atoms with Crippen LogP contribution in [0.3, 0.4) is 0 Å². The molecule has 2 heterocycles. The monoisotopic (exact) mass is 323 g/mol. The number of anilines is 1. The van der Waals surface area contributed by atoms with Crippen LogP contribution in [0.15, 0.2) is 6.33 Å². The maximum atomic E-state index is 6.13. The van der Waals surface area contributed by atoms with E-state index < -0.39 is 0 Å². The molecule has 0 aliphatic heterocycles. The van der Waals surface area contributed by atoms with Gasteiger partial charge in [-0.2, -0.15) is 0 Å². The van der Waals surface area contributed by atoms with Crippen LogP contribution in [-0.4, -0.2) is 22.4 Å². The van der Waals surface area contributed by atoms with Crippen molar-refractivity contribution < 1.29 is 0 Å². The summed E-state index contributed by atoms with van der Waals surface area (Å²) in [5.41, 5.74) is 1.30. The predicted octanol–water partition coefficient (Wildman–Crippen LogP) is 4.77. The third-order valence-electron chi connectivity index (χ3n) is 4.76. The average Bonchev–Trinajstić information content (AvgIpc) is 2.81. The van der Waals surface area contributed by atoms with Crippen LogP contribution < -0.4 is 5.32 Å². The van der Waals surface area contributed by atoms with Gasteiger partial charge in [0.1, 0.15) is 17.0 Å². The van der Waals surface area contributed by atoms with Crippen LogP contribution in [0.4, 0.5) is 5.82 Å². The summed E-state index contributed by atoms with van der Waals surface area (Å²) in [7, 11) is 0. The van der Waals surface area contributed by atoms with Crippen molar-refractivity contribution in [1.29, 1.82) is 0 Å². The number of rotatable bonds is 4. The van der Waals surface area contributed by atoms with Crippen molar-refractivity contribution >= 4 is 39.0 Å². The number of nitrogens with one attached hydrogen (secondary N) is 1. The number of halogens is 1. The molecular formula is C16H22ClN3S. The second kappa shape index (κ2) is 6.49. The summed E-state index contributed by atoms with van der Waals surface area (Å²) >= 11 is 7.88. The Morgan fingerprint density at radius 3 is 2.76 bits per heavy atom. The largest absolute Gasteiger partial charge is 0.369 e. The summed E-state index contributed by atoms with van der Waals surface area (Å²) < 4.78 is 0. The van der Waals surface area contributed by atoms with Crippen LogP contribution in [0, 0.1) is 25.7 Å². The summed E-state index contributed by atoms with van der Waals surface area (Å²) in [5, 5.41) is 4.77. The van der Waals surface area contributed by atoms with Crippen molar-refractivity contribution in [2.24, 2.45) is 11.8 Å². The molecule has 0 amide bonds. The zero-order valence-electron chi connectivity index (χ0n) is 12.7. The van der Waals surface area contributed by atoms with Gasteiger partial charge in [0.05, 0.1) is 5.39 Å². The number of fused-ring (bicyclic) bond motifs is 1. The minimum Gasteiger partial charge on any atom is -0.369 e. The van der Waals surface area contributed by atoms with Gasteiger partial charge in [0.2, 0.25) is 0 Å². The molecular weight excluding hydrogens is 302 g/mol. The van der Waals surface area contributed by atoms with Crippen molar-refractivity contribution in [3.8, 4) is 0 Å². The Balaban J connectivity index is 1.79. The van der Waals surface area contributed by atoms with Gasteiger partial charge in [0.25, 0.3) is 0 Å². The van der Waals surface area contributed by atoms with E-state index in [9.17, 15) is 0 Å². The normalized spacial score (nSPS) is 22.6. The Kier molecular flexibility index (Phi) is 4.65. The molecule has 0 bridgehead atoms. The number of alkyl halides is 1. The molecule has 2 aromatic rings. The molecule has 1 aliphatic carbocycles. The summed E-state index contributed by atoms with van der Waals surface area (Å²) in [6.07, 6.45) is 6.87. The molecule has 0 spiro atoms. The lowest BCUT2D eigenvalue weighted by molar-refractivity contribution is 0.272. The molecule has 2 unspecified atom stereocenters. The van der Waals surface area contributed by atoms with Crippen LogP contribution in [0.5, 0.6) is 0 Å². The predicted molar refractivity (Wildman–Crippen MR) is 91.5 cm³/mol. The Labute approximate surface area is 135 Å². The highest BCUT2D eigenvalue weighted by molar-refractivity contribution is 7.18. The highest BCUT2D eigenvalue weighted by atomic mass is 35.5. The summed E-state index contributed by atoms with van der Waals surface area (Å²) in [4.78, 5) is 11.3. The Morgan fingerprint density at radius 2 is 2.00 bits per heavy atom. The molecule has 1 fully saturated rings. The lowest BCUT2D eigenvalue weighted by atomic mass is 9.80. The average molecular weight is 324 g/mol. The lowest BCUT2D eigenvalue weighted by Crippen LogP contribution is -2.27. The van der Waals surface area contributed by atoms with Crippen molar-refractivity contribution in [2.75, 3.05) is 17.7 Å². The quantitative estimate of drug-likeness (QED) is 0.824. The van der Waals surface area contributed by atoms with Gasteiger partial charge in [-0.1, -0.05) is 12.8 Å². The van der Waals surface area contributed by atoms with Crippen molar-refractivity contribution in [1.82, 2.24) is 9.97 Å². The standard InChI is InChI=1S/C16H22ClN3S/c1-10-11(2)21-16-14(10)15(19-9-20-16)18-8-13-6-4-3-5-12(13)7-17/h9,12-13H,3-8H2,1-2H3,(H,18,19,20). The number of thiophene rings is 1. The number of nitrogens with zero attached hydrogens (tertiary/aromatic N) is 2. The van der Waals surface area contributed by atoms with E-state index in [1.165, 1.54) is 41.5 Å². The van der Waals surface area contributed by atoms with Crippen molar-refractivity contribution in [2.45, 2.75) is 39.5 Å². The third kappa shape index (κ3) is 3.02. The van der Waals surface area contributed by atoms with Gasteiger partial charge in [-0.05, 0) is 44.1 Å². The van der Waals surface area contributed by atoms with E-state index in [0.29, 0.717) is 11.8 Å². The fourth-order valence-electron chi connectivity index (χ4n) is 3.30. The molecule has 0 aromatic carbocycles. The van der Waals surface area contributed by atoms with Gasteiger partial charge >= 0.3 is 0 Å². The smallest absolute Gasteiger partial charge is 0.138 e. The second-order valence-electron chi connectivity index (χ2n) is 6.03. The summed E-state index contributed by atoms with van der Waals surface area (Å²) in [5.74, 6) is 3.08. The van der Waals surface area contributed by atoms with Crippen LogP contribution in [0.2, 0.25) is 0 Å². The Morgan fingerprint density at radius 1 is 1.24 bits per heavy atom. The maximum absolute atomic E-state index is 6.13. The first-order valence-electron chi connectivity index (χ1n) is 7.71. The van der Waals surface area contributed by atoms with Gasteiger partial charge in [-0.15, -0.1) is 22.9 Å². The Bertz CT molecular complexity index is 625. The second-order valence-corrected chi connectivity index (χ2v) is 7.54. The molecule has 1 saturated carbocycles. The molecule has 3 rings (SSSR count). The number of hydrogen-bond acceptors (Lipinski definition) is 4. The first kappa shape index (κ1) is 15.0. The van der Waals surface area contributed by atoms with E-state index in [1.807, 2.05) is 0 Å². The Hall–Kier alpha value is -0.870. The van der Waals surface area contributed by atoms with Gasteiger partial charge in [-0.25, -0.2) is 9.97 Å². The van der Waals surface area contributed by atoms with Gasteiger partial charge in [0, 0.05) is 17.3 Å². The molecule has 21 heavy (non-hydrogen) atoms. The number of aryl methyl sites for hydroxylation is 2. The van der Waals surface area contributed by atoms with E-state index in [1.54, 1.807) is 17.7 Å². The van der Waals surface area contributed by atoms with Crippen molar-refractivity contribution in [3.63, 3.8) is 0 Å². The zero-order chi connectivity index (χ0) is 14.8. The van der Waals surface area contributed by atoms with Crippen LogP contribution in [0.25, 0.3) is 10.2 Å². The van der Waals surface area contributed by atoms with Crippen LogP contribution in [-0.2, 0) is 0 Å². The fourth-order valence-corrected chi connectivity index (χ4v) is 4.70. The molecule has 5 heteroatoms. The molecule has 2 atom stereocenters. The van der Waals surface area contributed by atoms with Crippen LogP contribution in [0.1, 0.15) is 36.1 Å². The molecule has 2 aromatic heterocycles. The highest BCUT2D eigenvalue weighted by Gasteiger charge is 2.24. The maximum Gasteiger partial charge on any atom is 0.138 e. The molecule has 0 radical (unpaired) electrons. The molecule has 1 aliphatic rings. The molecule has 114 valence electrons. The number of aromatic nitrogens is 2. The third-order valence-corrected chi connectivity index (χ3v) is 6.27. The topological polar surface area (TPSA) is 37.8 Å². The van der Waals surface area contributed by atoms with Gasteiger partial charge in [0.15, 0.2) is 0 Å². The fraction of sp³-hybridized carbons (Fsp3) is 0.625. The lowest BCUT2D eigenvalue weighted by Gasteiger charge is -2.30. The zero-order valence-corrected chi connectivity index (χ0v) is 14.2. The van der Waals surface area contributed by atoms with E-state index in [0.717, 1.165) is 23.1 Å². The van der Waals surface area contributed by atoms with Gasteiger partial charge < -0.3 is 5.32 Å². The van der Waals surface area contributed by atoms with Crippen LogP contribution >= 0.6 is 22.9 Å². The van der Waals surface area contributed by atoms with E-state index in [-0.39, 0.29) is 0 Å². The van der Waals surface area contributed by atoms with E-state index >= 15 is 0 Å². The summed E-state index contributed by atoms with van der Waals surface area (Å²) in [6.45, 7) is 5.28. The number of hydrogen-bond donors (Lipinski definition) is 1. The van der Waals surface area contributed by atoms with E-state index in [2.05, 4.69) is 29.1 Å². The molecule has 1 N–H and O–H groups in total. The molecule has 3 nitrogen and oxygen atoms in total. The van der Waals surface area contributed by atoms with Gasteiger partial charge in [-0.3, -0.25) is 0 Å². The van der Waals surface area contributed by atoms with Crippen molar-refractivity contribution in [3.05, 3.63) is 16.8 Å².